The standard InChI is InChI=1S/H2NO.O.V/c1-2;;/h1-2H;;/q-1;;+1. The Balaban J connectivity index is 2.30. The molecule has 0 aromatic carbocycles. The summed E-state index contributed by atoms with van der Waals surface area (Å²) >= 11 is -1.23. The molecule has 0 aromatic rings. The quantitative estimate of drug-likeness (QED) is 0.427. The monoisotopic (exact) mass is 99.0 g/mol. The van der Waals surface area contributed by atoms with Crippen molar-refractivity contribution in [2.45, 2.75) is 0 Å². The third-order valence-corrected chi connectivity index (χ3v) is 0.168. The zero-order valence-corrected chi connectivity index (χ0v) is 3.20. The number of hydrogen-bond donors (Lipinski definition) is 2. The van der Waals surface area contributed by atoms with Crippen LogP contribution in [0.1, 0.15) is 0 Å². The van der Waals surface area contributed by atoms with Crippen LogP contribution < -0.4 is 4.33 Å². The van der Waals surface area contributed by atoms with Gasteiger partial charge in [0.05, 0.1) is 0 Å². The molecule has 0 bridgehead atoms. The van der Waals surface area contributed by atoms with E-state index in [9.17, 15) is 0 Å². The fourth-order valence-electron chi connectivity index (χ4n) is 0. The van der Waals surface area contributed by atoms with E-state index in [2.05, 4.69) is 0 Å². The predicted octanol–water partition coefficient (Wildman–Crippen LogP) is -0.692. The molecule has 0 aliphatic rings. The second-order valence-corrected chi connectivity index (χ2v) is 0.789. The molecule has 2 N–H and O–H groups in total. The molecular formula is H2NO2V. The predicted molar refractivity (Wildman–Crippen MR) is 5.61 cm³/mol. The summed E-state index contributed by atoms with van der Waals surface area (Å²) in [5.41, 5.74) is 0. The van der Waals surface area contributed by atoms with E-state index < -0.39 is 16.5 Å². The van der Waals surface area contributed by atoms with Crippen LogP contribution in [0, 0.1) is 0 Å². The first-order chi connectivity index (χ1) is 1.91. The summed E-state index contributed by atoms with van der Waals surface area (Å²) in [4.78, 5) is 0. The van der Waals surface area contributed by atoms with Crippen molar-refractivity contribution in [3.8, 4) is 0 Å². The van der Waals surface area contributed by atoms with Crippen molar-refractivity contribution >= 4 is 0 Å². The van der Waals surface area contributed by atoms with E-state index in [-0.39, 0.29) is 0 Å². The Morgan fingerprint density at radius 2 is 2.25 bits per heavy atom. The van der Waals surface area contributed by atoms with Gasteiger partial charge in [0.1, 0.15) is 0 Å². The van der Waals surface area contributed by atoms with Gasteiger partial charge in [0.2, 0.25) is 0 Å². The fraction of sp³-hybridized carbons (Fsp3) is 0. The van der Waals surface area contributed by atoms with Crippen molar-refractivity contribution in [3.05, 3.63) is 0 Å². The van der Waals surface area contributed by atoms with E-state index in [0.29, 0.717) is 0 Å². The van der Waals surface area contributed by atoms with E-state index in [1.165, 1.54) is 4.33 Å². The SMILES string of the molecule is [O]=[V][NH]O. The van der Waals surface area contributed by atoms with Crippen LogP contribution >= 0.6 is 0 Å². The van der Waals surface area contributed by atoms with Gasteiger partial charge in [-0.2, -0.15) is 0 Å². The molecule has 4 heavy (non-hydrogen) atoms. The van der Waals surface area contributed by atoms with Crippen molar-refractivity contribution in [2.75, 3.05) is 0 Å². The minimum atomic E-state index is -1.23. The third-order valence-electron chi connectivity index (χ3n) is 0.0408. The van der Waals surface area contributed by atoms with Gasteiger partial charge in [0, 0.05) is 0 Å². The van der Waals surface area contributed by atoms with E-state index in [0.717, 1.165) is 0 Å². The molecule has 24 valence electrons. The summed E-state index contributed by atoms with van der Waals surface area (Å²) in [7, 11) is 0. The Morgan fingerprint density at radius 3 is 2.25 bits per heavy atom. The van der Waals surface area contributed by atoms with Crippen LogP contribution in [0.2, 0.25) is 0 Å². The third kappa shape index (κ3) is 2.30. The first-order valence-corrected chi connectivity index (χ1v) is 1.90. The Hall–Kier alpha value is 0.304. The summed E-state index contributed by atoms with van der Waals surface area (Å²) in [5, 5.41) is 7.35. The van der Waals surface area contributed by atoms with E-state index >= 15 is 0 Å². The zero-order valence-electron chi connectivity index (χ0n) is 1.80. The first kappa shape index (κ1) is 4.30. The molecule has 0 heterocycles. The molecule has 0 atom stereocenters. The van der Waals surface area contributed by atoms with Gasteiger partial charge < -0.3 is 0 Å². The second kappa shape index (κ2) is 3.30. The first-order valence-electron chi connectivity index (χ1n) is 0.630. The van der Waals surface area contributed by atoms with Crippen molar-refractivity contribution < 1.29 is 25.4 Å². The summed E-state index contributed by atoms with van der Waals surface area (Å²) in [6.45, 7) is 0. The van der Waals surface area contributed by atoms with Gasteiger partial charge in [-0.1, -0.05) is 0 Å². The second-order valence-electron chi connectivity index (χ2n) is 0.191. The zero-order chi connectivity index (χ0) is 3.41. The Morgan fingerprint density at radius 1 is 2.00 bits per heavy atom. The molecule has 0 spiro atoms. The summed E-state index contributed by atoms with van der Waals surface area (Å²) in [5.74, 6) is 0. The summed E-state index contributed by atoms with van der Waals surface area (Å²) in [6.07, 6.45) is 0. The average molecular weight is 99.0 g/mol. The van der Waals surface area contributed by atoms with Gasteiger partial charge in [-0.25, -0.2) is 0 Å². The molecule has 0 unspecified atom stereocenters. The van der Waals surface area contributed by atoms with Gasteiger partial charge in [0.25, 0.3) is 0 Å². The van der Waals surface area contributed by atoms with Crippen LogP contribution in [0.3, 0.4) is 0 Å². The van der Waals surface area contributed by atoms with Crippen molar-refractivity contribution in [1.82, 2.24) is 4.33 Å². The topological polar surface area (TPSA) is 49.3 Å². The van der Waals surface area contributed by atoms with E-state index in [1.807, 2.05) is 0 Å². The molecule has 0 amide bonds. The van der Waals surface area contributed by atoms with E-state index in [1.54, 1.807) is 0 Å². The molecule has 0 aliphatic carbocycles. The molecule has 0 rings (SSSR count). The fourth-order valence-corrected chi connectivity index (χ4v) is 0. The minimum absolute atomic E-state index is 1.23. The van der Waals surface area contributed by atoms with Gasteiger partial charge in [-0.05, 0) is 0 Å². The van der Waals surface area contributed by atoms with Gasteiger partial charge >= 0.3 is 29.7 Å². The summed E-state index contributed by atoms with van der Waals surface area (Å²) in [6, 6.07) is 0. The Bertz CT molecular complexity index is 20.0. The van der Waals surface area contributed by atoms with Crippen LogP contribution in [0.25, 0.3) is 0 Å². The molecule has 0 aromatic heterocycles. The number of nitrogens with one attached hydrogen (secondary N) is 1. The molecule has 3 nitrogen and oxygen atoms in total. The Labute approximate surface area is 30.5 Å². The average Bonchev–Trinajstić information content (AvgIpc) is 1.37. The Kier molecular flexibility index (Phi) is 3.56. The van der Waals surface area contributed by atoms with Crippen LogP contribution in [0.15, 0.2) is 0 Å². The number of hydrogen-bond acceptors (Lipinski definition) is 2. The van der Waals surface area contributed by atoms with E-state index in [4.69, 9.17) is 8.88 Å². The van der Waals surface area contributed by atoms with Crippen LogP contribution in [-0.4, -0.2) is 5.21 Å². The maximum atomic E-state index is 9.03. The number of rotatable bonds is 1. The molecule has 0 fully saturated rings. The van der Waals surface area contributed by atoms with Crippen molar-refractivity contribution in [3.63, 3.8) is 0 Å². The van der Waals surface area contributed by atoms with Gasteiger partial charge in [-0.15, -0.1) is 0 Å². The maximum absolute atomic E-state index is 9.03. The van der Waals surface area contributed by atoms with Crippen LogP contribution in [0.4, 0.5) is 0 Å². The summed E-state index contributed by atoms with van der Waals surface area (Å²) < 4.78 is 10.5. The van der Waals surface area contributed by atoms with Gasteiger partial charge in [0.15, 0.2) is 0 Å². The van der Waals surface area contributed by atoms with Crippen LogP contribution in [0.5, 0.6) is 0 Å². The normalized spacial score (nSPS) is 6.25. The van der Waals surface area contributed by atoms with Crippen LogP contribution in [-0.2, 0) is 20.1 Å². The molecule has 0 saturated heterocycles. The van der Waals surface area contributed by atoms with Gasteiger partial charge in [-0.3, -0.25) is 0 Å². The molecular weight excluding hydrogens is 96.9 g/mol. The van der Waals surface area contributed by atoms with Crippen molar-refractivity contribution in [2.24, 2.45) is 0 Å². The van der Waals surface area contributed by atoms with Crippen molar-refractivity contribution in [1.29, 1.82) is 0 Å². The molecule has 0 radical (unpaired) electrons. The molecule has 0 aliphatic heterocycles. The molecule has 4 heteroatoms. The molecule has 0 saturated carbocycles.